The maximum atomic E-state index is 12.9. The first kappa shape index (κ1) is 18.2. The maximum absolute atomic E-state index is 12.9. The molecule has 3 heterocycles. The fraction of sp³-hybridized carbons (Fsp3) is 0.333. The minimum absolute atomic E-state index is 0.00665. The van der Waals surface area contributed by atoms with Crippen molar-refractivity contribution in [1.29, 1.82) is 0 Å². The molecule has 0 bridgehead atoms. The fourth-order valence-electron chi connectivity index (χ4n) is 3.77. The third-order valence-corrected chi connectivity index (χ3v) is 5.12. The van der Waals surface area contributed by atoms with Crippen LogP contribution in [0.1, 0.15) is 35.6 Å². The number of amides is 2. The van der Waals surface area contributed by atoms with Crippen molar-refractivity contribution in [3.63, 3.8) is 0 Å². The zero-order chi connectivity index (χ0) is 19.7. The summed E-state index contributed by atoms with van der Waals surface area (Å²) in [7, 11) is 0. The lowest BCUT2D eigenvalue weighted by Gasteiger charge is -2.29. The van der Waals surface area contributed by atoms with Gasteiger partial charge in [0.05, 0.1) is 0 Å². The molecule has 28 heavy (non-hydrogen) atoms. The van der Waals surface area contributed by atoms with E-state index >= 15 is 0 Å². The average molecular weight is 377 g/mol. The number of nitrogens with zero attached hydrogens (tertiary/aromatic N) is 4. The Hall–Kier alpha value is -3.22. The zero-order valence-corrected chi connectivity index (χ0v) is 16.0. The van der Waals surface area contributed by atoms with Crippen molar-refractivity contribution >= 4 is 17.5 Å². The van der Waals surface area contributed by atoms with Crippen molar-refractivity contribution in [2.45, 2.75) is 32.9 Å². The molecule has 7 heteroatoms. The monoisotopic (exact) mass is 377 g/mol. The lowest BCUT2D eigenvalue weighted by molar-refractivity contribution is -0.127. The van der Waals surface area contributed by atoms with Crippen molar-refractivity contribution < 1.29 is 9.59 Å². The topological polar surface area (TPSA) is 79.6 Å². The Labute approximate surface area is 163 Å². The number of nitrogens with one attached hydrogen (secondary N) is 1. The molecule has 1 unspecified atom stereocenters. The second kappa shape index (κ2) is 7.42. The largest absolute Gasteiger partial charge is 0.354 e. The molecule has 1 atom stereocenters. The van der Waals surface area contributed by atoms with E-state index in [0.29, 0.717) is 25.1 Å². The number of hydrogen-bond acceptors (Lipinski definition) is 4. The van der Waals surface area contributed by atoms with Crippen LogP contribution in [0.25, 0.3) is 5.65 Å². The summed E-state index contributed by atoms with van der Waals surface area (Å²) >= 11 is 0. The molecular weight excluding hydrogens is 354 g/mol. The summed E-state index contributed by atoms with van der Waals surface area (Å²) in [5.41, 5.74) is 2.45. The Morgan fingerprint density at radius 1 is 1.14 bits per heavy atom. The highest BCUT2D eigenvalue weighted by molar-refractivity contribution is 6.01. The van der Waals surface area contributed by atoms with Crippen molar-refractivity contribution in [2.24, 2.45) is 5.92 Å². The first-order chi connectivity index (χ1) is 13.6. The van der Waals surface area contributed by atoms with Gasteiger partial charge in [-0.15, -0.1) is 10.2 Å². The number of aromatic nitrogens is 3. The van der Waals surface area contributed by atoms with Crippen LogP contribution in [0.3, 0.4) is 0 Å². The molecule has 0 spiro atoms. The molecule has 144 valence electrons. The first-order valence-electron chi connectivity index (χ1n) is 9.51. The summed E-state index contributed by atoms with van der Waals surface area (Å²) in [6.45, 7) is 4.84. The van der Waals surface area contributed by atoms with Crippen LogP contribution < -0.4 is 5.32 Å². The summed E-state index contributed by atoms with van der Waals surface area (Å²) < 4.78 is 1.91. The van der Waals surface area contributed by atoms with Crippen LogP contribution in [0.2, 0.25) is 0 Å². The molecule has 0 fully saturated rings. The molecule has 1 N–H and O–H groups in total. The molecule has 7 nitrogen and oxygen atoms in total. The fourth-order valence-corrected chi connectivity index (χ4v) is 3.77. The van der Waals surface area contributed by atoms with E-state index in [1.807, 2.05) is 66.9 Å². The molecule has 1 aromatic carbocycles. The predicted molar refractivity (Wildman–Crippen MR) is 105 cm³/mol. The van der Waals surface area contributed by atoms with Gasteiger partial charge in [0.15, 0.2) is 5.65 Å². The van der Waals surface area contributed by atoms with E-state index in [4.69, 9.17) is 0 Å². The van der Waals surface area contributed by atoms with Crippen LogP contribution in [0.5, 0.6) is 0 Å². The quantitative estimate of drug-likeness (QED) is 0.713. The van der Waals surface area contributed by atoms with Crippen molar-refractivity contribution in [3.8, 4) is 0 Å². The zero-order valence-electron chi connectivity index (χ0n) is 16.0. The van der Waals surface area contributed by atoms with E-state index in [-0.39, 0.29) is 17.7 Å². The summed E-state index contributed by atoms with van der Waals surface area (Å²) in [5.74, 6) is 0.590. The van der Waals surface area contributed by atoms with Crippen LogP contribution in [-0.2, 0) is 17.8 Å². The molecule has 2 aromatic heterocycles. The van der Waals surface area contributed by atoms with Gasteiger partial charge in [-0.1, -0.05) is 38.1 Å². The van der Waals surface area contributed by atoms with Gasteiger partial charge < -0.3 is 10.2 Å². The van der Waals surface area contributed by atoms with Gasteiger partial charge >= 0.3 is 0 Å². The number of rotatable bonds is 6. The van der Waals surface area contributed by atoms with Crippen LogP contribution in [0.4, 0.5) is 0 Å². The van der Waals surface area contributed by atoms with Gasteiger partial charge in [-0.25, -0.2) is 0 Å². The van der Waals surface area contributed by atoms with Crippen molar-refractivity contribution in [2.75, 3.05) is 6.54 Å². The second-order valence-electron chi connectivity index (χ2n) is 7.37. The molecule has 1 aliphatic heterocycles. The number of carbonyl (C=O) groups is 2. The van der Waals surface area contributed by atoms with Gasteiger partial charge in [-0.2, -0.15) is 0 Å². The Morgan fingerprint density at radius 2 is 1.93 bits per heavy atom. The molecule has 0 saturated carbocycles. The van der Waals surface area contributed by atoms with Crippen LogP contribution in [-0.4, -0.2) is 43.9 Å². The summed E-state index contributed by atoms with van der Waals surface area (Å²) in [6.07, 6.45) is 2.47. The van der Waals surface area contributed by atoms with Gasteiger partial charge in [-0.05, 0) is 29.7 Å². The van der Waals surface area contributed by atoms with Gasteiger partial charge in [0.25, 0.3) is 5.91 Å². The van der Waals surface area contributed by atoms with Crippen LogP contribution >= 0.6 is 0 Å². The van der Waals surface area contributed by atoms with Crippen LogP contribution in [0, 0.1) is 5.92 Å². The third kappa shape index (κ3) is 3.24. The molecule has 0 radical (unpaired) electrons. The van der Waals surface area contributed by atoms with Crippen molar-refractivity contribution in [1.82, 2.24) is 24.8 Å². The Morgan fingerprint density at radius 3 is 2.71 bits per heavy atom. The average Bonchev–Trinajstić information content (AvgIpc) is 3.24. The van der Waals surface area contributed by atoms with E-state index in [2.05, 4.69) is 15.5 Å². The highest BCUT2D eigenvalue weighted by Crippen LogP contribution is 2.27. The number of hydrogen-bond donors (Lipinski definition) is 1. The lowest BCUT2D eigenvalue weighted by atomic mass is 10.0. The van der Waals surface area contributed by atoms with E-state index in [9.17, 15) is 9.59 Å². The van der Waals surface area contributed by atoms with Gasteiger partial charge in [-0.3, -0.25) is 14.0 Å². The maximum Gasteiger partial charge on any atom is 0.255 e. The van der Waals surface area contributed by atoms with Crippen molar-refractivity contribution in [3.05, 3.63) is 65.6 Å². The molecule has 0 aliphatic carbocycles. The Bertz CT molecular complexity index is 1030. The second-order valence-corrected chi connectivity index (χ2v) is 7.37. The Balaban J connectivity index is 1.43. The van der Waals surface area contributed by atoms with Gasteiger partial charge in [0, 0.05) is 31.3 Å². The van der Waals surface area contributed by atoms with E-state index < -0.39 is 6.04 Å². The summed E-state index contributed by atoms with van der Waals surface area (Å²) in [6, 6.07) is 12.8. The SMILES string of the molecule is CC(C)C(C(=O)NCCc1nnc2ccccn12)N1Cc2ccccc2C1=O. The summed E-state index contributed by atoms with van der Waals surface area (Å²) in [5, 5.41) is 11.3. The van der Waals surface area contributed by atoms with Gasteiger partial charge in [0.1, 0.15) is 11.9 Å². The number of carbonyl (C=O) groups excluding carboxylic acids is 2. The molecule has 3 aromatic rings. The molecule has 4 rings (SSSR count). The number of pyridine rings is 1. The minimum atomic E-state index is -0.505. The highest BCUT2D eigenvalue weighted by Gasteiger charge is 2.37. The van der Waals surface area contributed by atoms with E-state index in [1.54, 1.807) is 4.90 Å². The predicted octanol–water partition coefficient (Wildman–Crippen LogP) is 2.07. The van der Waals surface area contributed by atoms with Gasteiger partial charge in [0.2, 0.25) is 5.91 Å². The van der Waals surface area contributed by atoms with E-state index in [1.165, 1.54) is 0 Å². The molecule has 0 saturated heterocycles. The molecule has 2 amide bonds. The van der Waals surface area contributed by atoms with Crippen LogP contribution in [0.15, 0.2) is 48.7 Å². The summed E-state index contributed by atoms with van der Waals surface area (Å²) in [4.78, 5) is 27.4. The molecule has 1 aliphatic rings. The third-order valence-electron chi connectivity index (χ3n) is 5.12. The first-order valence-corrected chi connectivity index (χ1v) is 9.51. The Kier molecular flexibility index (Phi) is 4.81. The lowest BCUT2D eigenvalue weighted by Crippen LogP contribution is -2.50. The number of benzene rings is 1. The highest BCUT2D eigenvalue weighted by atomic mass is 16.2. The minimum Gasteiger partial charge on any atom is -0.354 e. The smallest absolute Gasteiger partial charge is 0.255 e. The molecular formula is C21H23N5O2. The normalized spacial score (nSPS) is 14.5. The number of fused-ring (bicyclic) bond motifs is 2. The van der Waals surface area contributed by atoms with E-state index in [0.717, 1.165) is 17.0 Å². The standard InChI is InChI=1S/C21H23N5O2/c1-14(2)19(26-13-15-7-3-4-8-16(15)21(26)28)20(27)22-11-10-18-24-23-17-9-5-6-12-25(17)18/h3-9,12,14,19H,10-11,13H2,1-2H3,(H,22,27).